The highest BCUT2D eigenvalue weighted by Gasteiger charge is 2.12. The molecule has 23 heavy (non-hydrogen) atoms. The largest absolute Gasteiger partial charge is 0.487 e. The average molecular weight is 309 g/mol. The van der Waals surface area contributed by atoms with Crippen LogP contribution in [0.2, 0.25) is 0 Å². The maximum absolute atomic E-state index is 13.7. The van der Waals surface area contributed by atoms with Gasteiger partial charge in [-0.05, 0) is 54.7 Å². The first-order valence-electron chi connectivity index (χ1n) is 7.70. The normalized spacial score (nSPS) is 13.1. The minimum atomic E-state index is -0.330. The highest BCUT2D eigenvalue weighted by molar-refractivity contribution is 5.38. The van der Waals surface area contributed by atoms with Gasteiger partial charge in [-0.3, -0.25) is 0 Å². The topological polar surface area (TPSA) is 39.9 Å². The third kappa shape index (κ3) is 2.82. The maximum Gasteiger partial charge on any atom is 0.148 e. The molecule has 0 radical (unpaired) electrons. The van der Waals surface area contributed by atoms with Crippen LogP contribution in [0.25, 0.3) is 5.69 Å². The molecular weight excluding hydrogens is 293 g/mol. The molecule has 116 valence electrons. The smallest absolute Gasteiger partial charge is 0.148 e. The van der Waals surface area contributed by atoms with Crippen LogP contribution in [0.4, 0.5) is 4.39 Å². The lowest BCUT2D eigenvalue weighted by atomic mass is 10.1. The van der Waals surface area contributed by atoms with Crippen LogP contribution in [0, 0.1) is 5.82 Å². The first-order chi connectivity index (χ1) is 11.3. The molecule has 4 rings (SSSR count). The SMILES string of the molecule is Fc1ccccc1-n1cc(COc2ccc3c(c2)CCC3)nn1. The summed E-state index contributed by atoms with van der Waals surface area (Å²) < 4.78 is 21.0. The molecule has 4 nitrogen and oxygen atoms in total. The molecule has 0 spiro atoms. The van der Waals surface area contributed by atoms with E-state index in [1.54, 1.807) is 24.4 Å². The Morgan fingerprint density at radius 2 is 1.96 bits per heavy atom. The van der Waals surface area contributed by atoms with Crippen LogP contribution >= 0.6 is 0 Å². The van der Waals surface area contributed by atoms with Crippen LogP contribution in [-0.2, 0) is 19.4 Å². The summed E-state index contributed by atoms with van der Waals surface area (Å²) in [5, 5.41) is 8.01. The van der Waals surface area contributed by atoms with Crippen molar-refractivity contribution in [1.29, 1.82) is 0 Å². The molecule has 0 saturated carbocycles. The van der Waals surface area contributed by atoms with Crippen molar-refractivity contribution in [2.24, 2.45) is 0 Å². The molecule has 5 heteroatoms. The number of para-hydroxylation sites is 1. The maximum atomic E-state index is 13.7. The predicted octanol–water partition coefficient (Wildman–Crippen LogP) is 3.47. The Labute approximate surface area is 133 Å². The molecule has 1 heterocycles. The molecule has 3 aromatic rings. The van der Waals surface area contributed by atoms with Gasteiger partial charge >= 0.3 is 0 Å². The Hall–Kier alpha value is -2.69. The van der Waals surface area contributed by atoms with Gasteiger partial charge < -0.3 is 4.74 Å². The number of hydrogen-bond acceptors (Lipinski definition) is 3. The molecule has 1 aliphatic carbocycles. The summed E-state index contributed by atoms with van der Waals surface area (Å²) in [5.41, 5.74) is 3.83. The van der Waals surface area contributed by atoms with Crippen molar-refractivity contribution < 1.29 is 9.13 Å². The van der Waals surface area contributed by atoms with Gasteiger partial charge in [-0.15, -0.1) is 5.10 Å². The molecule has 0 bridgehead atoms. The van der Waals surface area contributed by atoms with Crippen LogP contribution in [-0.4, -0.2) is 15.0 Å². The van der Waals surface area contributed by atoms with E-state index in [0.29, 0.717) is 18.0 Å². The minimum absolute atomic E-state index is 0.313. The summed E-state index contributed by atoms with van der Waals surface area (Å²) in [5.74, 6) is 0.509. The Kier molecular flexibility index (Phi) is 3.54. The second kappa shape index (κ2) is 5.83. The fourth-order valence-corrected chi connectivity index (χ4v) is 2.92. The number of rotatable bonds is 4. The van der Waals surface area contributed by atoms with Gasteiger partial charge in [0.2, 0.25) is 0 Å². The molecule has 1 aromatic heterocycles. The number of aryl methyl sites for hydroxylation is 2. The van der Waals surface area contributed by atoms with Crippen LogP contribution < -0.4 is 4.74 Å². The van der Waals surface area contributed by atoms with Gasteiger partial charge in [0.25, 0.3) is 0 Å². The van der Waals surface area contributed by atoms with Crippen molar-refractivity contribution >= 4 is 0 Å². The molecule has 2 aromatic carbocycles. The molecule has 0 amide bonds. The number of aromatic nitrogens is 3. The van der Waals surface area contributed by atoms with Crippen molar-refractivity contribution in [2.45, 2.75) is 25.9 Å². The zero-order valence-electron chi connectivity index (χ0n) is 12.6. The quantitative estimate of drug-likeness (QED) is 0.741. The van der Waals surface area contributed by atoms with E-state index in [4.69, 9.17) is 4.74 Å². The minimum Gasteiger partial charge on any atom is -0.487 e. The fraction of sp³-hybridized carbons (Fsp3) is 0.222. The Balaban J connectivity index is 1.47. The van der Waals surface area contributed by atoms with Crippen molar-refractivity contribution in [2.75, 3.05) is 0 Å². The van der Waals surface area contributed by atoms with Gasteiger partial charge in [0, 0.05) is 0 Å². The summed E-state index contributed by atoms with van der Waals surface area (Å²) in [7, 11) is 0. The van der Waals surface area contributed by atoms with Crippen LogP contribution in [0.5, 0.6) is 5.75 Å². The number of nitrogens with zero attached hydrogens (tertiary/aromatic N) is 3. The van der Waals surface area contributed by atoms with E-state index in [2.05, 4.69) is 22.4 Å². The molecule has 0 unspecified atom stereocenters. The highest BCUT2D eigenvalue weighted by Crippen LogP contribution is 2.26. The van der Waals surface area contributed by atoms with E-state index in [9.17, 15) is 4.39 Å². The molecule has 0 fully saturated rings. The predicted molar refractivity (Wildman–Crippen MR) is 84.1 cm³/mol. The number of ether oxygens (including phenoxy) is 1. The Morgan fingerprint density at radius 3 is 2.87 bits per heavy atom. The first-order valence-corrected chi connectivity index (χ1v) is 7.70. The second-order valence-corrected chi connectivity index (χ2v) is 5.68. The molecule has 1 aliphatic rings. The average Bonchev–Trinajstić information content (AvgIpc) is 3.22. The fourth-order valence-electron chi connectivity index (χ4n) is 2.92. The van der Waals surface area contributed by atoms with E-state index in [1.807, 2.05) is 6.07 Å². The molecule has 0 N–H and O–H groups in total. The third-order valence-corrected chi connectivity index (χ3v) is 4.10. The first kappa shape index (κ1) is 13.9. The van der Waals surface area contributed by atoms with Crippen molar-refractivity contribution in [3.05, 3.63) is 71.3 Å². The van der Waals surface area contributed by atoms with Crippen molar-refractivity contribution in [3.63, 3.8) is 0 Å². The number of hydrogen-bond donors (Lipinski definition) is 0. The van der Waals surface area contributed by atoms with E-state index in [0.717, 1.165) is 18.6 Å². The van der Waals surface area contributed by atoms with Gasteiger partial charge in [-0.25, -0.2) is 9.07 Å². The van der Waals surface area contributed by atoms with Crippen molar-refractivity contribution in [3.8, 4) is 11.4 Å². The Bertz CT molecular complexity index is 844. The lowest BCUT2D eigenvalue weighted by Crippen LogP contribution is -1.98. The molecule has 0 aliphatic heterocycles. The van der Waals surface area contributed by atoms with Gasteiger partial charge in [0.05, 0.1) is 6.20 Å². The zero-order valence-corrected chi connectivity index (χ0v) is 12.6. The number of halogens is 1. The van der Waals surface area contributed by atoms with E-state index in [-0.39, 0.29) is 5.82 Å². The summed E-state index contributed by atoms with van der Waals surface area (Å²) in [6.45, 7) is 0.313. The monoisotopic (exact) mass is 309 g/mol. The second-order valence-electron chi connectivity index (χ2n) is 5.68. The van der Waals surface area contributed by atoms with Gasteiger partial charge in [0.1, 0.15) is 29.6 Å². The standard InChI is InChI=1S/C18H16FN3O/c19-17-6-1-2-7-18(17)22-11-15(20-21-22)12-23-16-9-8-13-4-3-5-14(13)10-16/h1-2,6-11H,3-5,12H2. The molecule has 0 atom stereocenters. The van der Waals surface area contributed by atoms with E-state index in [1.165, 1.54) is 28.3 Å². The molecule has 0 saturated heterocycles. The van der Waals surface area contributed by atoms with E-state index >= 15 is 0 Å². The van der Waals surface area contributed by atoms with Gasteiger partial charge in [0.15, 0.2) is 0 Å². The lowest BCUT2D eigenvalue weighted by molar-refractivity contribution is 0.301. The van der Waals surface area contributed by atoms with Crippen LogP contribution in [0.3, 0.4) is 0 Å². The van der Waals surface area contributed by atoms with Crippen LogP contribution in [0.1, 0.15) is 23.2 Å². The van der Waals surface area contributed by atoms with Crippen molar-refractivity contribution in [1.82, 2.24) is 15.0 Å². The summed E-state index contributed by atoms with van der Waals surface area (Å²) >= 11 is 0. The lowest BCUT2D eigenvalue weighted by Gasteiger charge is -2.06. The third-order valence-electron chi connectivity index (χ3n) is 4.10. The number of fused-ring (bicyclic) bond motifs is 1. The zero-order chi connectivity index (χ0) is 15.6. The summed E-state index contributed by atoms with van der Waals surface area (Å²) in [6, 6.07) is 12.7. The summed E-state index contributed by atoms with van der Waals surface area (Å²) in [6.07, 6.45) is 5.18. The van der Waals surface area contributed by atoms with Gasteiger partial charge in [-0.2, -0.15) is 0 Å². The van der Waals surface area contributed by atoms with Crippen LogP contribution in [0.15, 0.2) is 48.7 Å². The summed E-state index contributed by atoms with van der Waals surface area (Å²) in [4.78, 5) is 0. The number of benzene rings is 2. The molecular formula is C18H16FN3O. The van der Waals surface area contributed by atoms with E-state index < -0.39 is 0 Å². The Morgan fingerprint density at radius 1 is 1.09 bits per heavy atom. The van der Waals surface area contributed by atoms with Gasteiger partial charge in [-0.1, -0.05) is 23.4 Å². The highest BCUT2D eigenvalue weighted by atomic mass is 19.1.